The van der Waals surface area contributed by atoms with Gasteiger partial charge in [-0.15, -0.1) is 0 Å². The van der Waals surface area contributed by atoms with E-state index < -0.39 is 11.8 Å². The summed E-state index contributed by atoms with van der Waals surface area (Å²) in [6.45, 7) is 0. The topological polar surface area (TPSA) is 66.4 Å². The van der Waals surface area contributed by atoms with E-state index in [2.05, 4.69) is 5.32 Å². The highest BCUT2D eigenvalue weighted by Crippen LogP contribution is 2.17. The third-order valence-corrected chi connectivity index (χ3v) is 2.69. The number of carboxylic acids is 1. The molecule has 2 rings (SSSR count). The third kappa shape index (κ3) is 3.41. The molecule has 0 saturated heterocycles. The van der Waals surface area contributed by atoms with E-state index in [-0.39, 0.29) is 23.6 Å². The Hall–Kier alpha value is -2.69. The van der Waals surface area contributed by atoms with Crippen molar-refractivity contribution < 1.29 is 19.1 Å². The van der Waals surface area contributed by atoms with Crippen molar-refractivity contribution in [1.82, 2.24) is 0 Å². The Kier molecular flexibility index (Phi) is 4.10. The lowest BCUT2D eigenvalue weighted by molar-refractivity contribution is -0.115. The number of benzene rings is 2. The van der Waals surface area contributed by atoms with Gasteiger partial charge in [-0.25, -0.2) is 9.18 Å². The molecule has 0 spiro atoms. The molecular formula is C15H12FNO3. The minimum Gasteiger partial charge on any atom is -0.478 e. The summed E-state index contributed by atoms with van der Waals surface area (Å²) in [6.07, 6.45) is 0.122. The maximum Gasteiger partial charge on any atom is 0.337 e. The molecular weight excluding hydrogens is 261 g/mol. The minimum atomic E-state index is -1.29. The average Bonchev–Trinajstić information content (AvgIpc) is 2.41. The number of anilines is 1. The van der Waals surface area contributed by atoms with Gasteiger partial charge in [0, 0.05) is 0 Å². The van der Waals surface area contributed by atoms with E-state index in [1.54, 1.807) is 12.1 Å². The van der Waals surface area contributed by atoms with Gasteiger partial charge in [0.2, 0.25) is 5.91 Å². The first-order chi connectivity index (χ1) is 9.56. The van der Waals surface area contributed by atoms with Crippen LogP contribution in [0.3, 0.4) is 0 Å². The Morgan fingerprint density at radius 1 is 1.10 bits per heavy atom. The Balaban J connectivity index is 2.14. The zero-order valence-corrected chi connectivity index (χ0v) is 10.5. The van der Waals surface area contributed by atoms with Gasteiger partial charge in [0.05, 0.1) is 17.7 Å². The van der Waals surface area contributed by atoms with Gasteiger partial charge in [0.25, 0.3) is 0 Å². The number of carbonyl (C=O) groups is 2. The van der Waals surface area contributed by atoms with Crippen LogP contribution in [0.5, 0.6) is 0 Å². The molecule has 4 nitrogen and oxygen atoms in total. The highest BCUT2D eigenvalue weighted by molar-refractivity contribution is 6.01. The minimum absolute atomic E-state index is 0.0832. The fourth-order valence-electron chi connectivity index (χ4n) is 1.78. The van der Waals surface area contributed by atoms with Gasteiger partial charge in [0.1, 0.15) is 5.82 Å². The summed E-state index contributed by atoms with van der Waals surface area (Å²) in [5.74, 6) is -2.31. The van der Waals surface area contributed by atoms with Gasteiger partial charge >= 0.3 is 5.97 Å². The summed E-state index contributed by atoms with van der Waals surface area (Å²) in [5, 5.41) is 11.5. The number of carbonyl (C=O) groups excluding carboxylic acids is 1. The van der Waals surface area contributed by atoms with Crippen molar-refractivity contribution in [2.24, 2.45) is 0 Å². The highest BCUT2D eigenvalue weighted by atomic mass is 19.1. The first-order valence-corrected chi connectivity index (χ1v) is 5.93. The van der Waals surface area contributed by atoms with E-state index in [4.69, 9.17) is 5.11 Å². The molecule has 1 amide bonds. The zero-order chi connectivity index (χ0) is 14.5. The number of carboxylic acid groups (broad SMARTS) is 1. The largest absolute Gasteiger partial charge is 0.478 e. The second-order valence-electron chi connectivity index (χ2n) is 4.21. The SMILES string of the molecule is O=C(Cc1ccccc1)Nc1ccc(F)cc1C(=O)O. The van der Waals surface area contributed by atoms with Crippen LogP contribution in [-0.2, 0) is 11.2 Å². The van der Waals surface area contributed by atoms with Gasteiger partial charge in [-0.1, -0.05) is 30.3 Å². The van der Waals surface area contributed by atoms with E-state index in [0.29, 0.717) is 0 Å². The lowest BCUT2D eigenvalue weighted by Crippen LogP contribution is -2.16. The molecule has 0 aliphatic carbocycles. The van der Waals surface area contributed by atoms with Crippen molar-refractivity contribution in [1.29, 1.82) is 0 Å². The molecule has 0 radical (unpaired) electrons. The van der Waals surface area contributed by atoms with Crippen molar-refractivity contribution in [3.8, 4) is 0 Å². The quantitative estimate of drug-likeness (QED) is 0.900. The van der Waals surface area contributed by atoms with Crippen LogP contribution >= 0.6 is 0 Å². The zero-order valence-electron chi connectivity index (χ0n) is 10.5. The summed E-state index contributed by atoms with van der Waals surface area (Å²) in [7, 11) is 0. The Morgan fingerprint density at radius 3 is 2.45 bits per heavy atom. The maximum atomic E-state index is 13.0. The van der Waals surface area contributed by atoms with Crippen LogP contribution in [0, 0.1) is 5.82 Å². The lowest BCUT2D eigenvalue weighted by atomic mass is 10.1. The second-order valence-corrected chi connectivity index (χ2v) is 4.21. The summed E-state index contributed by atoms with van der Waals surface area (Å²) < 4.78 is 13.0. The summed E-state index contributed by atoms with van der Waals surface area (Å²) in [5.41, 5.74) is 0.621. The molecule has 0 aliphatic heterocycles. The molecule has 0 fully saturated rings. The normalized spacial score (nSPS) is 10.1. The Bertz CT molecular complexity index is 641. The number of amides is 1. The molecule has 0 heterocycles. The van der Waals surface area contributed by atoms with Crippen LogP contribution in [0.1, 0.15) is 15.9 Å². The Labute approximate surface area is 114 Å². The molecule has 0 aromatic heterocycles. The fraction of sp³-hybridized carbons (Fsp3) is 0.0667. The molecule has 0 unspecified atom stereocenters. The predicted octanol–water partition coefficient (Wildman–Crippen LogP) is 2.71. The van der Waals surface area contributed by atoms with Crippen LogP contribution in [-0.4, -0.2) is 17.0 Å². The van der Waals surface area contributed by atoms with E-state index in [1.807, 2.05) is 18.2 Å². The van der Waals surface area contributed by atoms with Crippen LogP contribution in [0.25, 0.3) is 0 Å². The standard InChI is InChI=1S/C15H12FNO3/c16-11-6-7-13(12(9-11)15(19)20)17-14(18)8-10-4-2-1-3-5-10/h1-7,9H,8H2,(H,17,18)(H,19,20). The van der Waals surface area contributed by atoms with Crippen LogP contribution in [0.15, 0.2) is 48.5 Å². The Morgan fingerprint density at radius 2 is 1.80 bits per heavy atom. The monoisotopic (exact) mass is 273 g/mol. The lowest BCUT2D eigenvalue weighted by Gasteiger charge is -2.08. The first-order valence-electron chi connectivity index (χ1n) is 5.93. The van der Waals surface area contributed by atoms with Crippen molar-refractivity contribution >= 4 is 17.6 Å². The maximum absolute atomic E-state index is 13.0. The second kappa shape index (κ2) is 5.97. The van der Waals surface area contributed by atoms with Gasteiger partial charge in [0.15, 0.2) is 0 Å². The summed E-state index contributed by atoms with van der Waals surface area (Å²) in [6, 6.07) is 12.3. The molecule has 20 heavy (non-hydrogen) atoms. The number of aromatic carboxylic acids is 1. The van der Waals surface area contributed by atoms with E-state index in [9.17, 15) is 14.0 Å². The van der Waals surface area contributed by atoms with Crippen molar-refractivity contribution in [2.45, 2.75) is 6.42 Å². The first kappa shape index (κ1) is 13.7. The van der Waals surface area contributed by atoms with E-state index >= 15 is 0 Å². The number of hydrogen-bond acceptors (Lipinski definition) is 2. The van der Waals surface area contributed by atoms with Crippen LogP contribution in [0.2, 0.25) is 0 Å². The van der Waals surface area contributed by atoms with Gasteiger partial charge in [-0.05, 0) is 23.8 Å². The van der Waals surface area contributed by atoms with E-state index in [1.165, 1.54) is 6.07 Å². The molecule has 0 aliphatic rings. The molecule has 0 saturated carbocycles. The molecule has 2 aromatic carbocycles. The fourth-order valence-corrected chi connectivity index (χ4v) is 1.78. The highest BCUT2D eigenvalue weighted by Gasteiger charge is 2.13. The van der Waals surface area contributed by atoms with Crippen molar-refractivity contribution in [3.05, 3.63) is 65.5 Å². The number of halogens is 1. The van der Waals surface area contributed by atoms with Crippen molar-refractivity contribution in [2.75, 3.05) is 5.32 Å². The van der Waals surface area contributed by atoms with E-state index in [0.717, 1.165) is 17.7 Å². The number of rotatable bonds is 4. The molecule has 2 N–H and O–H groups in total. The number of hydrogen-bond donors (Lipinski definition) is 2. The smallest absolute Gasteiger partial charge is 0.337 e. The molecule has 0 bridgehead atoms. The molecule has 102 valence electrons. The van der Waals surface area contributed by atoms with Gasteiger partial charge in [-0.3, -0.25) is 4.79 Å². The summed E-state index contributed by atoms with van der Waals surface area (Å²) >= 11 is 0. The van der Waals surface area contributed by atoms with Gasteiger partial charge < -0.3 is 10.4 Å². The van der Waals surface area contributed by atoms with Gasteiger partial charge in [-0.2, -0.15) is 0 Å². The summed E-state index contributed by atoms with van der Waals surface area (Å²) in [4.78, 5) is 22.8. The molecule has 5 heteroatoms. The molecule has 0 atom stereocenters. The average molecular weight is 273 g/mol. The third-order valence-electron chi connectivity index (χ3n) is 2.69. The predicted molar refractivity (Wildman–Crippen MR) is 72.1 cm³/mol. The number of nitrogens with one attached hydrogen (secondary N) is 1. The molecule has 2 aromatic rings. The van der Waals surface area contributed by atoms with Crippen LogP contribution in [0.4, 0.5) is 10.1 Å². The van der Waals surface area contributed by atoms with Crippen LogP contribution < -0.4 is 5.32 Å². The van der Waals surface area contributed by atoms with Crippen molar-refractivity contribution in [3.63, 3.8) is 0 Å².